The summed E-state index contributed by atoms with van der Waals surface area (Å²) in [6.45, 7) is 5.88. The van der Waals surface area contributed by atoms with Crippen LogP contribution in [0.25, 0.3) is 0 Å². The summed E-state index contributed by atoms with van der Waals surface area (Å²) in [4.78, 5) is 10.3. The van der Waals surface area contributed by atoms with Crippen molar-refractivity contribution in [2.24, 2.45) is 17.6 Å². The van der Waals surface area contributed by atoms with E-state index in [0.29, 0.717) is 5.92 Å². The van der Waals surface area contributed by atoms with Gasteiger partial charge in [0.05, 0.1) is 0 Å². The standard InChI is InChI=1S/C8H17NO2/c1-5(2)8(9)6(3)4-7(10)11/h5-6,8H,4,9H2,1-3H3,(H,10,11)/t6-,8-/m0/s1. The average Bonchev–Trinajstić information content (AvgIpc) is 1.84. The molecule has 0 heterocycles. The summed E-state index contributed by atoms with van der Waals surface area (Å²) in [5.74, 6) is -0.356. The summed E-state index contributed by atoms with van der Waals surface area (Å²) in [6.07, 6.45) is 0.166. The van der Waals surface area contributed by atoms with Crippen molar-refractivity contribution in [1.29, 1.82) is 0 Å². The van der Waals surface area contributed by atoms with E-state index in [9.17, 15) is 4.79 Å². The quantitative estimate of drug-likeness (QED) is 0.645. The van der Waals surface area contributed by atoms with Gasteiger partial charge in [0.25, 0.3) is 0 Å². The second kappa shape index (κ2) is 4.34. The van der Waals surface area contributed by atoms with Crippen molar-refractivity contribution in [3.63, 3.8) is 0 Å². The van der Waals surface area contributed by atoms with Crippen molar-refractivity contribution in [1.82, 2.24) is 0 Å². The van der Waals surface area contributed by atoms with E-state index in [1.165, 1.54) is 0 Å². The van der Waals surface area contributed by atoms with Crippen LogP contribution in [0.2, 0.25) is 0 Å². The van der Waals surface area contributed by atoms with Gasteiger partial charge < -0.3 is 10.8 Å². The summed E-state index contributed by atoms with van der Waals surface area (Å²) in [6, 6.07) is -0.00824. The molecule has 0 aromatic heterocycles. The average molecular weight is 159 g/mol. The van der Waals surface area contributed by atoms with E-state index in [4.69, 9.17) is 10.8 Å². The first-order valence-electron chi connectivity index (χ1n) is 3.92. The Balaban J connectivity index is 3.82. The predicted octanol–water partition coefficient (Wildman–Crippen LogP) is 1.08. The third-order valence-electron chi connectivity index (χ3n) is 1.92. The SMILES string of the molecule is CC(C)[C@H](N)[C@@H](C)CC(=O)O. The number of carboxylic acids is 1. The van der Waals surface area contributed by atoms with E-state index in [1.54, 1.807) is 0 Å². The van der Waals surface area contributed by atoms with E-state index in [0.717, 1.165) is 0 Å². The number of hydrogen-bond donors (Lipinski definition) is 2. The Bertz CT molecular complexity index is 134. The number of rotatable bonds is 4. The van der Waals surface area contributed by atoms with Gasteiger partial charge in [-0.15, -0.1) is 0 Å². The largest absolute Gasteiger partial charge is 0.481 e. The van der Waals surface area contributed by atoms with Gasteiger partial charge in [0.2, 0.25) is 0 Å². The Kier molecular flexibility index (Phi) is 4.11. The first-order chi connectivity index (χ1) is 4.95. The lowest BCUT2D eigenvalue weighted by atomic mass is 9.90. The first-order valence-corrected chi connectivity index (χ1v) is 3.92. The molecule has 0 rings (SSSR count). The van der Waals surface area contributed by atoms with Gasteiger partial charge in [-0.1, -0.05) is 20.8 Å². The van der Waals surface area contributed by atoms with Crippen LogP contribution in [0.5, 0.6) is 0 Å². The number of nitrogens with two attached hydrogens (primary N) is 1. The van der Waals surface area contributed by atoms with Gasteiger partial charge in [0.15, 0.2) is 0 Å². The van der Waals surface area contributed by atoms with Gasteiger partial charge in [-0.25, -0.2) is 0 Å². The lowest BCUT2D eigenvalue weighted by Crippen LogP contribution is -2.34. The zero-order valence-corrected chi connectivity index (χ0v) is 7.37. The highest BCUT2D eigenvalue weighted by atomic mass is 16.4. The van der Waals surface area contributed by atoms with Crippen molar-refractivity contribution >= 4 is 5.97 Å². The molecule has 0 unspecified atom stereocenters. The summed E-state index contributed by atoms with van der Waals surface area (Å²) in [5.41, 5.74) is 5.74. The Morgan fingerprint density at radius 3 is 2.18 bits per heavy atom. The van der Waals surface area contributed by atoms with Crippen LogP contribution >= 0.6 is 0 Å². The summed E-state index contributed by atoms with van der Waals surface area (Å²) in [5, 5.41) is 8.46. The Morgan fingerprint density at radius 1 is 1.45 bits per heavy atom. The van der Waals surface area contributed by atoms with Gasteiger partial charge in [-0.05, 0) is 11.8 Å². The van der Waals surface area contributed by atoms with Crippen LogP contribution < -0.4 is 5.73 Å². The van der Waals surface area contributed by atoms with E-state index in [2.05, 4.69) is 0 Å². The molecule has 0 aliphatic heterocycles. The van der Waals surface area contributed by atoms with Crippen LogP contribution in [0.1, 0.15) is 27.2 Å². The summed E-state index contributed by atoms with van der Waals surface area (Å²) >= 11 is 0. The summed E-state index contributed by atoms with van der Waals surface area (Å²) < 4.78 is 0. The molecule has 3 nitrogen and oxygen atoms in total. The number of carboxylic acid groups (broad SMARTS) is 1. The fraction of sp³-hybridized carbons (Fsp3) is 0.875. The van der Waals surface area contributed by atoms with Crippen LogP contribution in [-0.2, 0) is 4.79 Å². The van der Waals surface area contributed by atoms with Crippen molar-refractivity contribution in [3.8, 4) is 0 Å². The maximum absolute atomic E-state index is 10.3. The zero-order chi connectivity index (χ0) is 9.02. The van der Waals surface area contributed by atoms with Crippen molar-refractivity contribution in [2.75, 3.05) is 0 Å². The molecule has 0 aliphatic rings. The van der Waals surface area contributed by atoms with Crippen LogP contribution in [0.4, 0.5) is 0 Å². The maximum atomic E-state index is 10.3. The Hall–Kier alpha value is -0.570. The highest BCUT2D eigenvalue weighted by Crippen LogP contribution is 2.13. The van der Waals surface area contributed by atoms with E-state index in [-0.39, 0.29) is 18.4 Å². The molecule has 0 aromatic rings. The second-order valence-corrected chi connectivity index (χ2v) is 3.40. The molecule has 0 fully saturated rings. The lowest BCUT2D eigenvalue weighted by molar-refractivity contribution is -0.138. The molecule has 0 spiro atoms. The Morgan fingerprint density at radius 2 is 1.91 bits per heavy atom. The van der Waals surface area contributed by atoms with Crippen LogP contribution in [0.3, 0.4) is 0 Å². The monoisotopic (exact) mass is 159 g/mol. The maximum Gasteiger partial charge on any atom is 0.303 e. The fourth-order valence-electron chi connectivity index (χ4n) is 1.07. The van der Waals surface area contributed by atoms with Crippen molar-refractivity contribution in [3.05, 3.63) is 0 Å². The topological polar surface area (TPSA) is 63.3 Å². The molecule has 0 bridgehead atoms. The summed E-state index contributed by atoms with van der Waals surface area (Å²) in [7, 11) is 0. The van der Waals surface area contributed by atoms with E-state index >= 15 is 0 Å². The normalized spacial score (nSPS) is 16.5. The molecular weight excluding hydrogens is 142 g/mol. The molecule has 0 saturated carbocycles. The van der Waals surface area contributed by atoms with Gasteiger partial charge in [-0.2, -0.15) is 0 Å². The predicted molar refractivity (Wildman–Crippen MR) is 44.2 cm³/mol. The number of hydrogen-bond acceptors (Lipinski definition) is 2. The molecule has 11 heavy (non-hydrogen) atoms. The molecule has 0 saturated heterocycles. The van der Waals surface area contributed by atoms with Crippen LogP contribution in [0, 0.1) is 11.8 Å². The molecule has 0 aromatic carbocycles. The van der Waals surface area contributed by atoms with E-state index in [1.807, 2.05) is 20.8 Å². The molecule has 2 atom stereocenters. The molecule has 3 N–H and O–H groups in total. The Labute approximate surface area is 67.6 Å². The first kappa shape index (κ1) is 10.4. The van der Waals surface area contributed by atoms with Crippen molar-refractivity contribution in [2.45, 2.75) is 33.2 Å². The molecule has 0 aliphatic carbocycles. The highest BCUT2D eigenvalue weighted by Gasteiger charge is 2.18. The minimum absolute atomic E-state index is 0.00824. The minimum Gasteiger partial charge on any atom is -0.481 e. The highest BCUT2D eigenvalue weighted by molar-refractivity contribution is 5.67. The van der Waals surface area contributed by atoms with Crippen molar-refractivity contribution < 1.29 is 9.90 Å². The molecule has 0 amide bonds. The van der Waals surface area contributed by atoms with Gasteiger partial charge >= 0.3 is 5.97 Å². The molecule has 3 heteroatoms. The van der Waals surface area contributed by atoms with Gasteiger partial charge in [-0.3, -0.25) is 4.79 Å². The second-order valence-electron chi connectivity index (χ2n) is 3.40. The van der Waals surface area contributed by atoms with E-state index < -0.39 is 5.97 Å². The molecule has 0 radical (unpaired) electrons. The van der Waals surface area contributed by atoms with Crippen LogP contribution in [-0.4, -0.2) is 17.1 Å². The third kappa shape index (κ3) is 3.98. The van der Waals surface area contributed by atoms with Crippen LogP contribution in [0.15, 0.2) is 0 Å². The molecular formula is C8H17NO2. The third-order valence-corrected chi connectivity index (χ3v) is 1.92. The number of carbonyl (C=O) groups is 1. The smallest absolute Gasteiger partial charge is 0.303 e. The zero-order valence-electron chi connectivity index (χ0n) is 7.37. The molecule has 66 valence electrons. The fourth-order valence-corrected chi connectivity index (χ4v) is 1.07. The lowest BCUT2D eigenvalue weighted by Gasteiger charge is -2.21. The minimum atomic E-state index is -0.770. The van der Waals surface area contributed by atoms with Gasteiger partial charge in [0.1, 0.15) is 0 Å². The number of aliphatic carboxylic acids is 1. The van der Waals surface area contributed by atoms with Gasteiger partial charge in [0, 0.05) is 12.5 Å².